The van der Waals surface area contributed by atoms with Crippen molar-refractivity contribution < 1.29 is 4.39 Å². The summed E-state index contributed by atoms with van der Waals surface area (Å²) in [6.45, 7) is 8.29. The second-order valence-corrected chi connectivity index (χ2v) is 5.61. The van der Waals surface area contributed by atoms with Crippen molar-refractivity contribution in [2.45, 2.75) is 58.9 Å². The van der Waals surface area contributed by atoms with E-state index in [1.807, 2.05) is 13.0 Å². The van der Waals surface area contributed by atoms with Gasteiger partial charge in [-0.1, -0.05) is 32.8 Å². The Bertz CT molecular complexity index is 383. The highest BCUT2D eigenvalue weighted by Crippen LogP contribution is 2.25. The van der Waals surface area contributed by atoms with Crippen molar-refractivity contribution in [2.75, 3.05) is 18.0 Å². The van der Waals surface area contributed by atoms with Crippen LogP contribution >= 0.6 is 0 Å². The molecule has 0 aromatic heterocycles. The second kappa shape index (κ2) is 8.96. The van der Waals surface area contributed by atoms with E-state index in [2.05, 4.69) is 18.7 Å². The predicted molar refractivity (Wildman–Crippen MR) is 85.8 cm³/mol. The van der Waals surface area contributed by atoms with Crippen LogP contribution in [0.25, 0.3) is 0 Å². The van der Waals surface area contributed by atoms with Crippen LogP contribution in [-0.4, -0.2) is 19.1 Å². The minimum Gasteiger partial charge on any atom is -0.371 e. The van der Waals surface area contributed by atoms with E-state index in [4.69, 9.17) is 5.73 Å². The first-order chi connectivity index (χ1) is 9.60. The topological polar surface area (TPSA) is 29.3 Å². The lowest BCUT2D eigenvalue weighted by Crippen LogP contribution is -2.28. The average Bonchev–Trinajstić information content (AvgIpc) is 2.41. The first-order valence-corrected chi connectivity index (χ1v) is 7.88. The molecule has 0 saturated carbocycles. The highest BCUT2D eigenvalue weighted by Gasteiger charge is 2.15. The zero-order chi connectivity index (χ0) is 15.0. The van der Waals surface area contributed by atoms with Crippen LogP contribution in [0.15, 0.2) is 18.2 Å². The largest absolute Gasteiger partial charge is 0.371 e. The molecule has 0 heterocycles. The van der Waals surface area contributed by atoms with E-state index in [0.717, 1.165) is 50.0 Å². The lowest BCUT2D eigenvalue weighted by molar-refractivity contribution is 0.591. The molecule has 20 heavy (non-hydrogen) atoms. The zero-order valence-corrected chi connectivity index (χ0v) is 13.2. The van der Waals surface area contributed by atoms with Crippen LogP contribution in [0, 0.1) is 5.82 Å². The number of rotatable bonds is 9. The third kappa shape index (κ3) is 5.12. The number of nitrogens with two attached hydrogens (primary N) is 1. The predicted octanol–water partition coefficient (Wildman–Crippen LogP) is 4.12. The van der Waals surface area contributed by atoms with Crippen LogP contribution in [0.5, 0.6) is 0 Å². The summed E-state index contributed by atoms with van der Waals surface area (Å²) < 4.78 is 14.1. The number of nitrogens with zero attached hydrogens (tertiary/aromatic N) is 1. The van der Waals surface area contributed by atoms with Gasteiger partial charge in [0, 0.05) is 30.4 Å². The summed E-state index contributed by atoms with van der Waals surface area (Å²) in [6, 6.07) is 5.36. The van der Waals surface area contributed by atoms with E-state index in [0.29, 0.717) is 6.42 Å². The number of hydrogen-bond acceptors (Lipinski definition) is 2. The van der Waals surface area contributed by atoms with Crippen molar-refractivity contribution in [3.05, 3.63) is 29.6 Å². The van der Waals surface area contributed by atoms with Crippen LogP contribution < -0.4 is 10.6 Å². The third-order valence-corrected chi connectivity index (χ3v) is 3.52. The van der Waals surface area contributed by atoms with E-state index < -0.39 is 0 Å². The Kier molecular flexibility index (Phi) is 7.60. The summed E-state index contributed by atoms with van der Waals surface area (Å²) in [4.78, 5) is 2.33. The van der Waals surface area contributed by atoms with Crippen molar-refractivity contribution in [1.82, 2.24) is 0 Å². The van der Waals surface area contributed by atoms with Gasteiger partial charge in [-0.15, -0.1) is 0 Å². The third-order valence-electron chi connectivity index (χ3n) is 3.52. The normalized spacial score (nSPS) is 12.4. The van der Waals surface area contributed by atoms with Crippen LogP contribution in [-0.2, 0) is 6.42 Å². The van der Waals surface area contributed by atoms with Crippen molar-refractivity contribution >= 4 is 5.69 Å². The van der Waals surface area contributed by atoms with E-state index >= 15 is 0 Å². The molecule has 0 bridgehead atoms. The molecular formula is C17H29FN2. The van der Waals surface area contributed by atoms with E-state index in [1.54, 1.807) is 12.1 Å². The molecule has 3 heteroatoms. The van der Waals surface area contributed by atoms with Crippen molar-refractivity contribution in [3.8, 4) is 0 Å². The molecule has 0 saturated heterocycles. The van der Waals surface area contributed by atoms with Crippen molar-refractivity contribution in [3.63, 3.8) is 0 Å². The second-order valence-electron chi connectivity index (χ2n) is 5.61. The van der Waals surface area contributed by atoms with Gasteiger partial charge in [0.05, 0.1) is 0 Å². The van der Waals surface area contributed by atoms with Gasteiger partial charge in [0.15, 0.2) is 0 Å². The van der Waals surface area contributed by atoms with Crippen LogP contribution in [0.2, 0.25) is 0 Å². The molecule has 2 N–H and O–H groups in total. The fourth-order valence-corrected chi connectivity index (χ4v) is 2.42. The number of unbranched alkanes of at least 4 members (excludes halogenated alkanes) is 2. The average molecular weight is 280 g/mol. The molecule has 1 aromatic carbocycles. The fraction of sp³-hybridized carbons (Fsp3) is 0.647. The molecule has 0 aliphatic carbocycles. The van der Waals surface area contributed by atoms with Gasteiger partial charge in [-0.25, -0.2) is 4.39 Å². The monoisotopic (exact) mass is 280 g/mol. The molecule has 1 atom stereocenters. The summed E-state index contributed by atoms with van der Waals surface area (Å²) in [7, 11) is 0. The molecule has 0 aliphatic heterocycles. The van der Waals surface area contributed by atoms with E-state index in [9.17, 15) is 4.39 Å². The zero-order valence-electron chi connectivity index (χ0n) is 13.2. The quantitative estimate of drug-likeness (QED) is 0.737. The maximum absolute atomic E-state index is 14.1. The smallest absolute Gasteiger partial charge is 0.128 e. The Morgan fingerprint density at radius 1 is 1.15 bits per heavy atom. The standard InChI is InChI=1S/C17H29FN2/c1-4-6-11-20(12-7-5-2)17-10-8-9-16(18)15(17)13-14(3)19/h8-10,14H,4-7,11-13,19H2,1-3H3. The first-order valence-electron chi connectivity index (χ1n) is 7.88. The van der Waals surface area contributed by atoms with Crippen LogP contribution in [0.1, 0.15) is 52.0 Å². The number of hydrogen-bond donors (Lipinski definition) is 1. The Hall–Kier alpha value is -1.09. The van der Waals surface area contributed by atoms with Gasteiger partial charge in [0.1, 0.15) is 5.82 Å². The maximum atomic E-state index is 14.1. The van der Waals surface area contributed by atoms with Gasteiger partial charge in [0.25, 0.3) is 0 Å². The van der Waals surface area contributed by atoms with Crippen LogP contribution in [0.4, 0.5) is 10.1 Å². The number of benzene rings is 1. The SMILES string of the molecule is CCCCN(CCCC)c1cccc(F)c1CC(C)N. The summed E-state index contributed by atoms with van der Waals surface area (Å²) in [5, 5.41) is 0. The molecule has 1 aromatic rings. The van der Waals surface area contributed by atoms with Gasteiger partial charge >= 0.3 is 0 Å². The lowest BCUT2D eigenvalue weighted by Gasteiger charge is -2.28. The number of halogens is 1. The minimum atomic E-state index is -0.127. The molecular weight excluding hydrogens is 251 g/mol. The first kappa shape index (κ1) is 17.0. The Morgan fingerprint density at radius 3 is 2.25 bits per heavy atom. The van der Waals surface area contributed by atoms with Gasteiger partial charge in [-0.05, 0) is 38.3 Å². The van der Waals surface area contributed by atoms with E-state index in [-0.39, 0.29) is 11.9 Å². The van der Waals surface area contributed by atoms with Crippen molar-refractivity contribution in [1.29, 1.82) is 0 Å². The molecule has 1 rings (SSSR count). The maximum Gasteiger partial charge on any atom is 0.128 e. The Labute approximate surface area is 123 Å². The molecule has 1 unspecified atom stereocenters. The molecule has 0 fully saturated rings. The molecule has 0 aliphatic rings. The highest BCUT2D eigenvalue weighted by atomic mass is 19.1. The summed E-state index contributed by atoms with van der Waals surface area (Å²) >= 11 is 0. The van der Waals surface area contributed by atoms with Gasteiger partial charge in [-0.3, -0.25) is 0 Å². The molecule has 0 spiro atoms. The molecule has 114 valence electrons. The molecule has 0 radical (unpaired) electrons. The van der Waals surface area contributed by atoms with Gasteiger partial charge in [-0.2, -0.15) is 0 Å². The van der Waals surface area contributed by atoms with Gasteiger partial charge < -0.3 is 10.6 Å². The summed E-state index contributed by atoms with van der Waals surface area (Å²) in [5.74, 6) is -0.127. The van der Waals surface area contributed by atoms with Crippen LogP contribution in [0.3, 0.4) is 0 Å². The van der Waals surface area contributed by atoms with Gasteiger partial charge in [0.2, 0.25) is 0 Å². The number of anilines is 1. The van der Waals surface area contributed by atoms with E-state index in [1.165, 1.54) is 0 Å². The fourth-order valence-electron chi connectivity index (χ4n) is 2.42. The molecule has 0 amide bonds. The molecule has 2 nitrogen and oxygen atoms in total. The Balaban J connectivity index is 3.00. The summed E-state index contributed by atoms with van der Waals surface area (Å²) in [6.07, 6.45) is 5.17. The highest BCUT2D eigenvalue weighted by molar-refractivity contribution is 5.54. The minimum absolute atomic E-state index is 0.0233. The van der Waals surface area contributed by atoms with Crippen molar-refractivity contribution in [2.24, 2.45) is 5.73 Å². The summed E-state index contributed by atoms with van der Waals surface area (Å²) in [5.41, 5.74) is 7.68. The lowest BCUT2D eigenvalue weighted by atomic mass is 10.0. The Morgan fingerprint density at radius 2 is 1.75 bits per heavy atom.